The second kappa shape index (κ2) is 7.67. The van der Waals surface area contributed by atoms with E-state index in [2.05, 4.69) is 5.32 Å². The van der Waals surface area contributed by atoms with Gasteiger partial charge in [-0.3, -0.25) is 4.79 Å². The van der Waals surface area contributed by atoms with Gasteiger partial charge in [0.1, 0.15) is 5.82 Å². The van der Waals surface area contributed by atoms with E-state index in [1.165, 1.54) is 24.3 Å². The van der Waals surface area contributed by atoms with E-state index in [9.17, 15) is 9.18 Å². The van der Waals surface area contributed by atoms with Gasteiger partial charge in [-0.05, 0) is 31.6 Å². The second-order valence-electron chi connectivity index (χ2n) is 3.62. The van der Waals surface area contributed by atoms with Crippen molar-refractivity contribution < 1.29 is 9.18 Å². The number of hydrogen-bond acceptors (Lipinski definition) is 1. The van der Waals surface area contributed by atoms with Crippen LogP contribution in [0.15, 0.2) is 36.4 Å². The van der Waals surface area contributed by atoms with E-state index in [1.54, 1.807) is 6.07 Å². The van der Waals surface area contributed by atoms with Gasteiger partial charge >= 0.3 is 0 Å². The van der Waals surface area contributed by atoms with Gasteiger partial charge in [0, 0.05) is 18.2 Å². The molecular weight excluding hydrogens is 253 g/mol. The fourth-order valence-electron chi connectivity index (χ4n) is 1.33. The summed E-state index contributed by atoms with van der Waals surface area (Å²) in [6.07, 6.45) is 7.30. The molecule has 0 bridgehead atoms. The van der Waals surface area contributed by atoms with Gasteiger partial charge in [0.2, 0.25) is 5.91 Å². The van der Waals surface area contributed by atoms with Crippen LogP contribution in [-0.4, -0.2) is 12.5 Å². The largest absolute Gasteiger partial charge is 0.352 e. The number of benzene rings is 1. The first-order valence-corrected chi connectivity index (χ1v) is 6.04. The van der Waals surface area contributed by atoms with Crippen LogP contribution in [0.4, 0.5) is 4.39 Å². The Morgan fingerprint density at radius 2 is 2.28 bits per heavy atom. The minimum absolute atomic E-state index is 0.225. The highest BCUT2D eigenvalue weighted by molar-refractivity contribution is 6.32. The maximum atomic E-state index is 13.4. The maximum absolute atomic E-state index is 13.4. The van der Waals surface area contributed by atoms with Crippen LogP contribution < -0.4 is 5.32 Å². The number of halogens is 2. The third-order valence-corrected chi connectivity index (χ3v) is 2.58. The number of amides is 1. The predicted octanol–water partition coefficient (Wildman–Crippen LogP) is 3.57. The van der Waals surface area contributed by atoms with Crippen LogP contribution in [0.3, 0.4) is 0 Å². The van der Waals surface area contributed by atoms with Gasteiger partial charge in [0.25, 0.3) is 0 Å². The molecule has 1 amide bonds. The Morgan fingerprint density at radius 1 is 1.50 bits per heavy atom. The Hall–Kier alpha value is -1.61. The van der Waals surface area contributed by atoms with Crippen molar-refractivity contribution in [2.45, 2.75) is 13.3 Å². The third-order valence-electron chi connectivity index (χ3n) is 2.25. The van der Waals surface area contributed by atoms with Crippen molar-refractivity contribution in [3.63, 3.8) is 0 Å². The van der Waals surface area contributed by atoms with Crippen molar-refractivity contribution in [3.05, 3.63) is 52.8 Å². The van der Waals surface area contributed by atoms with Gasteiger partial charge in [-0.25, -0.2) is 4.39 Å². The molecule has 0 fully saturated rings. The first-order valence-electron chi connectivity index (χ1n) is 5.66. The van der Waals surface area contributed by atoms with E-state index in [0.29, 0.717) is 6.54 Å². The number of allylic oxidation sites excluding steroid dienone is 1. The molecule has 1 aromatic carbocycles. The van der Waals surface area contributed by atoms with Crippen LogP contribution in [0.25, 0.3) is 6.08 Å². The molecule has 18 heavy (non-hydrogen) atoms. The highest BCUT2D eigenvalue weighted by atomic mass is 35.5. The SMILES string of the molecule is C/C=C/CCNC(=O)/C=C/c1c(F)cccc1Cl. The lowest BCUT2D eigenvalue weighted by atomic mass is 10.2. The summed E-state index contributed by atoms with van der Waals surface area (Å²) in [5.74, 6) is -0.709. The highest BCUT2D eigenvalue weighted by Crippen LogP contribution is 2.20. The molecule has 0 aromatic heterocycles. The molecule has 1 rings (SSSR count). The first-order chi connectivity index (χ1) is 8.65. The normalized spacial score (nSPS) is 11.3. The van der Waals surface area contributed by atoms with Crippen LogP contribution in [-0.2, 0) is 4.79 Å². The molecule has 0 spiro atoms. The Bertz CT molecular complexity index is 449. The standard InChI is InChI=1S/C14H15ClFNO/c1-2-3-4-10-17-14(18)9-8-11-12(15)6-5-7-13(11)16/h2-3,5-9H,4,10H2,1H3,(H,17,18)/b3-2+,9-8+. The molecular formula is C14H15ClFNO. The molecule has 0 saturated carbocycles. The lowest BCUT2D eigenvalue weighted by Gasteiger charge is -2.00. The minimum Gasteiger partial charge on any atom is -0.352 e. The quantitative estimate of drug-likeness (QED) is 0.493. The van der Waals surface area contributed by atoms with Gasteiger partial charge in [-0.15, -0.1) is 0 Å². The summed E-state index contributed by atoms with van der Waals surface area (Å²) >= 11 is 5.83. The van der Waals surface area contributed by atoms with Gasteiger partial charge in [0.05, 0.1) is 5.02 Å². The lowest BCUT2D eigenvalue weighted by Crippen LogP contribution is -2.21. The summed E-state index contributed by atoms with van der Waals surface area (Å²) in [5, 5.41) is 2.97. The third kappa shape index (κ3) is 4.72. The zero-order chi connectivity index (χ0) is 13.4. The molecule has 0 aliphatic carbocycles. The molecule has 0 atom stereocenters. The van der Waals surface area contributed by atoms with Gasteiger partial charge in [-0.1, -0.05) is 29.8 Å². The van der Waals surface area contributed by atoms with Crippen LogP contribution in [0, 0.1) is 5.82 Å². The van der Waals surface area contributed by atoms with Crippen molar-refractivity contribution in [2.24, 2.45) is 0 Å². The van der Waals surface area contributed by atoms with Crippen LogP contribution >= 0.6 is 11.6 Å². The predicted molar refractivity (Wildman–Crippen MR) is 72.9 cm³/mol. The molecule has 0 radical (unpaired) electrons. The van der Waals surface area contributed by atoms with Crippen molar-refractivity contribution in [2.75, 3.05) is 6.54 Å². The van der Waals surface area contributed by atoms with Gasteiger partial charge in [0.15, 0.2) is 0 Å². The summed E-state index contributed by atoms with van der Waals surface area (Å²) in [7, 11) is 0. The van der Waals surface area contributed by atoms with E-state index in [4.69, 9.17) is 11.6 Å². The van der Waals surface area contributed by atoms with Crippen LogP contribution in [0.1, 0.15) is 18.9 Å². The Morgan fingerprint density at radius 3 is 2.94 bits per heavy atom. The van der Waals surface area contributed by atoms with E-state index in [1.807, 2.05) is 19.1 Å². The molecule has 2 nitrogen and oxygen atoms in total. The molecule has 96 valence electrons. The van der Waals surface area contributed by atoms with Crippen LogP contribution in [0.2, 0.25) is 5.02 Å². The van der Waals surface area contributed by atoms with E-state index >= 15 is 0 Å². The number of rotatable bonds is 5. The molecule has 1 N–H and O–H groups in total. The Labute approximate surface area is 111 Å². The fourth-order valence-corrected chi connectivity index (χ4v) is 1.56. The Balaban J connectivity index is 2.56. The van der Waals surface area contributed by atoms with E-state index in [-0.39, 0.29) is 16.5 Å². The summed E-state index contributed by atoms with van der Waals surface area (Å²) < 4.78 is 13.4. The summed E-state index contributed by atoms with van der Waals surface area (Å²) in [5.41, 5.74) is 0.225. The van der Waals surface area contributed by atoms with Gasteiger partial charge in [-0.2, -0.15) is 0 Å². The summed E-state index contributed by atoms with van der Waals surface area (Å²) in [6.45, 7) is 2.47. The molecule has 0 aliphatic heterocycles. The second-order valence-corrected chi connectivity index (χ2v) is 4.02. The molecule has 4 heteroatoms. The van der Waals surface area contributed by atoms with Crippen molar-refractivity contribution in [1.82, 2.24) is 5.32 Å². The van der Waals surface area contributed by atoms with Gasteiger partial charge < -0.3 is 5.32 Å². The summed E-state index contributed by atoms with van der Waals surface area (Å²) in [4.78, 5) is 11.4. The topological polar surface area (TPSA) is 29.1 Å². The monoisotopic (exact) mass is 267 g/mol. The van der Waals surface area contributed by atoms with Crippen molar-refractivity contribution in [3.8, 4) is 0 Å². The molecule has 0 aliphatic rings. The van der Waals surface area contributed by atoms with Crippen molar-refractivity contribution in [1.29, 1.82) is 0 Å². The highest BCUT2D eigenvalue weighted by Gasteiger charge is 2.03. The number of carbonyl (C=O) groups excluding carboxylic acids is 1. The lowest BCUT2D eigenvalue weighted by molar-refractivity contribution is -0.116. The van der Waals surface area contributed by atoms with E-state index < -0.39 is 5.82 Å². The molecule has 0 unspecified atom stereocenters. The minimum atomic E-state index is -0.444. The number of nitrogens with one attached hydrogen (secondary N) is 1. The Kier molecular flexibility index (Phi) is 6.15. The molecule has 0 saturated heterocycles. The maximum Gasteiger partial charge on any atom is 0.244 e. The smallest absolute Gasteiger partial charge is 0.244 e. The fraction of sp³-hybridized carbons (Fsp3) is 0.214. The van der Waals surface area contributed by atoms with E-state index in [0.717, 1.165) is 6.42 Å². The average Bonchev–Trinajstić information content (AvgIpc) is 2.34. The zero-order valence-corrected chi connectivity index (χ0v) is 10.9. The average molecular weight is 268 g/mol. The number of carbonyl (C=O) groups is 1. The number of hydrogen-bond donors (Lipinski definition) is 1. The molecule has 1 aromatic rings. The van der Waals surface area contributed by atoms with Crippen LogP contribution in [0.5, 0.6) is 0 Å². The zero-order valence-electron chi connectivity index (χ0n) is 10.1. The van der Waals surface area contributed by atoms with Crippen molar-refractivity contribution >= 4 is 23.6 Å². The first kappa shape index (κ1) is 14.5. The summed E-state index contributed by atoms with van der Waals surface area (Å²) in [6, 6.07) is 4.40. The molecule has 0 heterocycles.